The lowest BCUT2D eigenvalue weighted by atomic mass is 9.91. The lowest BCUT2D eigenvalue weighted by Gasteiger charge is -2.40. The Balaban J connectivity index is 1.32. The Kier molecular flexibility index (Phi) is 5.93. The van der Waals surface area contributed by atoms with E-state index in [0.717, 1.165) is 32.2 Å². The van der Waals surface area contributed by atoms with Crippen molar-refractivity contribution in [1.82, 2.24) is 14.1 Å². The zero-order chi connectivity index (χ0) is 19.7. The molecule has 0 bridgehead atoms. The molecule has 28 heavy (non-hydrogen) atoms. The Bertz CT molecular complexity index is 689. The summed E-state index contributed by atoms with van der Waals surface area (Å²) >= 11 is 1.85. The van der Waals surface area contributed by atoms with Crippen LogP contribution in [0.15, 0.2) is 34.2 Å². The Morgan fingerprint density at radius 1 is 1.04 bits per heavy atom. The van der Waals surface area contributed by atoms with Gasteiger partial charge in [-0.05, 0) is 60.2 Å². The maximum Gasteiger partial charge on any atom is 0.207 e. The molecular weight excluding hydrogens is 364 g/mol. The first-order chi connectivity index (χ1) is 13.4. The second-order valence-electron chi connectivity index (χ2n) is 9.68. The minimum atomic E-state index is 0.538. The van der Waals surface area contributed by atoms with Crippen LogP contribution in [0.25, 0.3) is 0 Å². The van der Waals surface area contributed by atoms with Gasteiger partial charge in [-0.2, -0.15) is 0 Å². The first-order valence-electron chi connectivity index (χ1n) is 11.0. The van der Waals surface area contributed by atoms with Gasteiger partial charge in [-0.25, -0.2) is 0 Å². The van der Waals surface area contributed by atoms with Crippen LogP contribution >= 0.6 is 11.9 Å². The van der Waals surface area contributed by atoms with Crippen molar-refractivity contribution in [2.45, 2.75) is 63.8 Å². The van der Waals surface area contributed by atoms with Gasteiger partial charge in [-0.15, -0.1) is 0 Å². The Morgan fingerprint density at radius 2 is 1.75 bits per heavy atom. The Hall–Kier alpha value is -1.20. The van der Waals surface area contributed by atoms with E-state index in [2.05, 4.69) is 66.1 Å². The Morgan fingerprint density at radius 3 is 2.36 bits per heavy atom. The molecule has 1 aromatic rings. The normalized spacial score (nSPS) is 25.6. The van der Waals surface area contributed by atoms with Gasteiger partial charge in [0.15, 0.2) is 0 Å². The van der Waals surface area contributed by atoms with Crippen molar-refractivity contribution in [2.75, 3.05) is 39.3 Å². The van der Waals surface area contributed by atoms with Crippen LogP contribution in [0.3, 0.4) is 0 Å². The van der Waals surface area contributed by atoms with Gasteiger partial charge in [0, 0.05) is 37.1 Å². The summed E-state index contributed by atoms with van der Waals surface area (Å²) in [5.41, 5.74) is 1.95. The minimum Gasteiger partial charge on any atom is -0.340 e. The van der Waals surface area contributed by atoms with E-state index in [-0.39, 0.29) is 0 Å². The average molecular weight is 401 g/mol. The molecule has 0 N–H and O–H groups in total. The maximum absolute atomic E-state index is 4.86. The fourth-order valence-corrected chi connectivity index (χ4v) is 5.74. The second kappa shape index (κ2) is 8.27. The molecule has 0 amide bonds. The number of aliphatic imine (C=N–C) groups is 1. The van der Waals surface area contributed by atoms with E-state index in [9.17, 15) is 0 Å². The zero-order valence-corrected chi connectivity index (χ0v) is 18.8. The molecule has 2 heterocycles. The fraction of sp³-hybridized carbons (Fsp3) is 0.696. The van der Waals surface area contributed by atoms with E-state index in [4.69, 9.17) is 4.99 Å². The predicted molar refractivity (Wildman–Crippen MR) is 120 cm³/mol. The van der Waals surface area contributed by atoms with Crippen LogP contribution in [0.2, 0.25) is 0 Å². The number of rotatable bonds is 4. The summed E-state index contributed by atoms with van der Waals surface area (Å²) in [4.78, 5) is 11.4. The summed E-state index contributed by atoms with van der Waals surface area (Å²) in [5, 5.41) is 0. The SMILES string of the molecule is CC(C)c1ccc(SN2CCN=C2N2CCN(C3CCC(C)(C)C3)CC2)cc1. The molecule has 0 radical (unpaired) electrons. The van der Waals surface area contributed by atoms with Gasteiger partial charge < -0.3 is 4.90 Å². The van der Waals surface area contributed by atoms with Gasteiger partial charge in [0.1, 0.15) is 0 Å². The molecule has 154 valence electrons. The third-order valence-corrected chi connectivity index (χ3v) is 7.65. The highest BCUT2D eigenvalue weighted by Gasteiger charge is 2.36. The van der Waals surface area contributed by atoms with Gasteiger partial charge in [0.25, 0.3) is 0 Å². The van der Waals surface area contributed by atoms with Gasteiger partial charge in [0.2, 0.25) is 5.96 Å². The van der Waals surface area contributed by atoms with Crippen LogP contribution in [0.5, 0.6) is 0 Å². The highest BCUT2D eigenvalue weighted by molar-refractivity contribution is 7.97. The Labute approximate surface area is 175 Å². The predicted octanol–water partition coefficient (Wildman–Crippen LogP) is 4.69. The van der Waals surface area contributed by atoms with Crippen molar-refractivity contribution in [2.24, 2.45) is 10.4 Å². The maximum atomic E-state index is 4.86. The molecule has 3 aliphatic rings. The molecule has 1 atom stereocenters. The van der Waals surface area contributed by atoms with E-state index >= 15 is 0 Å². The number of piperazine rings is 1. The minimum absolute atomic E-state index is 0.538. The van der Waals surface area contributed by atoms with Gasteiger partial charge >= 0.3 is 0 Å². The number of hydrogen-bond donors (Lipinski definition) is 0. The van der Waals surface area contributed by atoms with E-state index in [1.54, 1.807) is 0 Å². The van der Waals surface area contributed by atoms with E-state index in [0.29, 0.717) is 11.3 Å². The van der Waals surface area contributed by atoms with Gasteiger partial charge in [-0.3, -0.25) is 14.2 Å². The zero-order valence-electron chi connectivity index (χ0n) is 18.0. The number of nitrogens with zero attached hydrogens (tertiary/aromatic N) is 4. The fourth-order valence-electron chi connectivity index (χ4n) is 4.80. The molecule has 2 aliphatic heterocycles. The third kappa shape index (κ3) is 4.51. The number of hydrogen-bond acceptors (Lipinski definition) is 5. The molecule has 1 saturated heterocycles. The van der Waals surface area contributed by atoms with Crippen molar-refractivity contribution in [3.05, 3.63) is 29.8 Å². The molecule has 4 nitrogen and oxygen atoms in total. The quantitative estimate of drug-likeness (QED) is 0.684. The van der Waals surface area contributed by atoms with Crippen LogP contribution in [0.4, 0.5) is 0 Å². The molecule has 1 aliphatic carbocycles. The molecule has 1 unspecified atom stereocenters. The van der Waals surface area contributed by atoms with Crippen LogP contribution in [0.1, 0.15) is 58.4 Å². The van der Waals surface area contributed by atoms with Crippen molar-refractivity contribution in [3.8, 4) is 0 Å². The monoisotopic (exact) mass is 400 g/mol. The largest absolute Gasteiger partial charge is 0.340 e. The molecular formula is C23H36N4S. The van der Waals surface area contributed by atoms with Gasteiger partial charge in [-0.1, -0.05) is 39.8 Å². The summed E-state index contributed by atoms with van der Waals surface area (Å²) in [5.74, 6) is 1.79. The third-order valence-electron chi connectivity index (χ3n) is 6.60. The number of guanidine groups is 1. The second-order valence-corrected chi connectivity index (χ2v) is 10.8. The lowest BCUT2D eigenvalue weighted by Crippen LogP contribution is -2.53. The molecule has 4 rings (SSSR count). The van der Waals surface area contributed by atoms with Crippen LogP contribution in [0, 0.1) is 5.41 Å². The van der Waals surface area contributed by atoms with Crippen LogP contribution in [-0.2, 0) is 0 Å². The molecule has 2 fully saturated rings. The van der Waals surface area contributed by atoms with E-state index in [1.807, 2.05) is 11.9 Å². The summed E-state index contributed by atoms with van der Waals surface area (Å²) in [7, 11) is 0. The van der Waals surface area contributed by atoms with E-state index < -0.39 is 0 Å². The summed E-state index contributed by atoms with van der Waals surface area (Å²) in [6, 6.07) is 9.85. The average Bonchev–Trinajstić information content (AvgIpc) is 3.28. The molecule has 1 saturated carbocycles. The molecule has 5 heteroatoms. The molecule has 0 spiro atoms. The van der Waals surface area contributed by atoms with Gasteiger partial charge in [0.05, 0.1) is 13.1 Å². The lowest BCUT2D eigenvalue weighted by molar-refractivity contribution is 0.124. The standard InChI is InChI=1S/C23H36N4S/c1-18(2)19-5-7-21(8-6-19)28-27-12-11-24-22(27)26-15-13-25(14-16-26)20-9-10-23(3,4)17-20/h5-8,18,20H,9-17H2,1-4H3. The highest BCUT2D eigenvalue weighted by Crippen LogP contribution is 2.39. The van der Waals surface area contributed by atoms with Crippen LogP contribution in [-0.4, -0.2) is 65.4 Å². The van der Waals surface area contributed by atoms with E-state index in [1.165, 1.54) is 48.8 Å². The topological polar surface area (TPSA) is 22.1 Å². The number of benzene rings is 1. The van der Waals surface area contributed by atoms with Crippen molar-refractivity contribution < 1.29 is 0 Å². The summed E-state index contributed by atoms with van der Waals surface area (Å²) in [6.07, 6.45) is 4.12. The molecule has 0 aromatic heterocycles. The van der Waals surface area contributed by atoms with Crippen molar-refractivity contribution in [3.63, 3.8) is 0 Å². The smallest absolute Gasteiger partial charge is 0.207 e. The highest BCUT2D eigenvalue weighted by atomic mass is 32.2. The van der Waals surface area contributed by atoms with Crippen molar-refractivity contribution >= 4 is 17.9 Å². The summed E-state index contributed by atoms with van der Waals surface area (Å²) in [6.45, 7) is 15.9. The van der Waals surface area contributed by atoms with Crippen LogP contribution < -0.4 is 0 Å². The first-order valence-corrected chi connectivity index (χ1v) is 11.8. The first kappa shape index (κ1) is 20.1. The van der Waals surface area contributed by atoms with Crippen molar-refractivity contribution in [1.29, 1.82) is 0 Å². The molecule has 1 aromatic carbocycles. The summed E-state index contributed by atoms with van der Waals surface area (Å²) < 4.78 is 2.40.